The molecule has 8 heteroatoms. The number of benzene rings is 2. The fourth-order valence-corrected chi connectivity index (χ4v) is 4.52. The van der Waals surface area contributed by atoms with Crippen LogP contribution in [0.2, 0.25) is 0 Å². The van der Waals surface area contributed by atoms with Gasteiger partial charge in [-0.2, -0.15) is 0 Å². The van der Waals surface area contributed by atoms with Gasteiger partial charge in [0.1, 0.15) is 21.7 Å². The van der Waals surface area contributed by atoms with E-state index < -0.39 is 16.9 Å². The fourth-order valence-electron chi connectivity index (χ4n) is 3.67. The highest BCUT2D eigenvalue weighted by atomic mass is 32.2. The Morgan fingerprint density at radius 2 is 1.76 bits per heavy atom. The summed E-state index contributed by atoms with van der Waals surface area (Å²) >= 11 is 1.02. The van der Waals surface area contributed by atoms with Gasteiger partial charge in [0.25, 0.3) is 5.56 Å². The van der Waals surface area contributed by atoms with Crippen molar-refractivity contribution in [3.8, 4) is 5.75 Å². The van der Waals surface area contributed by atoms with Crippen LogP contribution in [0.1, 0.15) is 11.3 Å². The molecule has 0 aliphatic carbocycles. The van der Waals surface area contributed by atoms with E-state index in [9.17, 15) is 19.1 Å². The number of aromatic hydroxyl groups is 1. The summed E-state index contributed by atoms with van der Waals surface area (Å²) in [5, 5.41) is 11.4. The van der Waals surface area contributed by atoms with Gasteiger partial charge < -0.3 is 9.52 Å². The summed E-state index contributed by atoms with van der Waals surface area (Å²) in [4.78, 5) is 31.5. The molecule has 3 heterocycles. The van der Waals surface area contributed by atoms with Crippen LogP contribution < -0.4 is 11.2 Å². The second-order valence-corrected chi connectivity index (χ2v) is 8.61. The van der Waals surface area contributed by atoms with Crippen LogP contribution in [-0.2, 0) is 6.54 Å². The summed E-state index contributed by atoms with van der Waals surface area (Å²) < 4.78 is 20.3. The van der Waals surface area contributed by atoms with E-state index in [1.54, 1.807) is 55.5 Å². The number of aryl methyl sites for hydroxylation is 1. The van der Waals surface area contributed by atoms with Gasteiger partial charge in [-0.3, -0.25) is 9.36 Å². The van der Waals surface area contributed by atoms with Crippen LogP contribution in [0.25, 0.3) is 22.0 Å². The summed E-state index contributed by atoms with van der Waals surface area (Å²) in [7, 11) is 0. The van der Waals surface area contributed by atoms with Gasteiger partial charge >= 0.3 is 5.63 Å². The Kier molecular flexibility index (Phi) is 5.22. The average molecular weight is 460 g/mol. The van der Waals surface area contributed by atoms with Crippen LogP contribution in [0, 0.1) is 12.7 Å². The summed E-state index contributed by atoms with van der Waals surface area (Å²) in [5.74, 6) is -0.819. The molecule has 5 aromatic rings. The highest BCUT2D eigenvalue weighted by Crippen LogP contribution is 2.36. The lowest BCUT2D eigenvalue weighted by Gasteiger charge is -2.14. The summed E-state index contributed by atoms with van der Waals surface area (Å²) in [6, 6.07) is 18.2. The lowest BCUT2D eigenvalue weighted by Crippen LogP contribution is -2.23. The van der Waals surface area contributed by atoms with E-state index in [2.05, 4.69) is 4.98 Å². The smallest absolute Gasteiger partial charge is 0.354 e. The van der Waals surface area contributed by atoms with Crippen molar-refractivity contribution in [3.05, 3.63) is 105 Å². The van der Waals surface area contributed by atoms with Crippen LogP contribution >= 0.6 is 11.8 Å². The molecular formula is C25H17FN2O4S. The first-order valence-corrected chi connectivity index (χ1v) is 10.9. The van der Waals surface area contributed by atoms with Crippen molar-refractivity contribution in [3.63, 3.8) is 0 Å². The third kappa shape index (κ3) is 3.78. The lowest BCUT2D eigenvalue weighted by atomic mass is 10.1. The van der Waals surface area contributed by atoms with Gasteiger partial charge in [-0.1, -0.05) is 42.1 Å². The largest absolute Gasteiger partial charge is 0.505 e. The van der Waals surface area contributed by atoms with E-state index >= 15 is 0 Å². The molecule has 0 amide bonds. The minimum absolute atomic E-state index is 0.0160. The van der Waals surface area contributed by atoms with Gasteiger partial charge in [-0.15, -0.1) is 0 Å². The number of hydrogen-bond donors (Lipinski definition) is 1. The fraction of sp³-hybridized carbons (Fsp3) is 0.0800. The van der Waals surface area contributed by atoms with Gasteiger partial charge in [0.15, 0.2) is 11.3 Å². The first-order chi connectivity index (χ1) is 15.9. The van der Waals surface area contributed by atoms with Gasteiger partial charge in [-0.25, -0.2) is 14.2 Å². The van der Waals surface area contributed by atoms with Crippen LogP contribution in [0.4, 0.5) is 4.39 Å². The van der Waals surface area contributed by atoms with E-state index in [1.165, 1.54) is 16.7 Å². The zero-order valence-corrected chi connectivity index (χ0v) is 18.2. The highest BCUT2D eigenvalue weighted by Gasteiger charge is 2.23. The van der Waals surface area contributed by atoms with Crippen molar-refractivity contribution in [1.82, 2.24) is 9.55 Å². The molecule has 0 saturated heterocycles. The van der Waals surface area contributed by atoms with Crippen molar-refractivity contribution in [2.75, 3.05) is 0 Å². The minimum Gasteiger partial charge on any atom is -0.505 e. The SMILES string of the molecule is Cc1ccc2c3oc(=O)c(Sc4ccccc4)c(O)c3c(=O)n(Cc3ccc(F)cc3)c2n1. The maximum atomic E-state index is 13.6. The molecule has 0 fully saturated rings. The second-order valence-electron chi connectivity index (χ2n) is 7.53. The number of nitrogens with zero attached hydrogens (tertiary/aromatic N) is 2. The molecular weight excluding hydrogens is 443 g/mol. The summed E-state index contributed by atoms with van der Waals surface area (Å²) in [5.41, 5.74) is 0.332. The number of hydrogen-bond acceptors (Lipinski definition) is 6. The van der Waals surface area contributed by atoms with Gasteiger partial charge in [-0.05, 0) is 48.9 Å². The standard InChI is InChI=1S/C25H17FN2O4S/c1-14-7-12-18-21-19(20(29)22(25(31)32-21)33-17-5-3-2-4-6-17)24(30)28(23(18)27-14)13-15-8-10-16(26)11-9-15/h2-12,29H,13H2,1H3. The lowest BCUT2D eigenvalue weighted by molar-refractivity contribution is 0.446. The molecule has 0 unspecified atom stereocenters. The third-order valence-electron chi connectivity index (χ3n) is 5.25. The molecule has 0 bridgehead atoms. The van der Waals surface area contributed by atoms with E-state index in [0.29, 0.717) is 27.2 Å². The van der Waals surface area contributed by atoms with Crippen molar-refractivity contribution in [2.24, 2.45) is 0 Å². The van der Waals surface area contributed by atoms with Crippen LogP contribution in [0.3, 0.4) is 0 Å². The maximum Gasteiger partial charge on any atom is 0.354 e. The topological polar surface area (TPSA) is 85.3 Å². The number of aromatic nitrogens is 2. The van der Waals surface area contributed by atoms with Crippen molar-refractivity contribution < 1.29 is 13.9 Å². The zero-order valence-electron chi connectivity index (χ0n) is 17.4. The predicted octanol–water partition coefficient (Wildman–Crippen LogP) is 4.86. The van der Waals surface area contributed by atoms with Crippen molar-refractivity contribution >= 4 is 33.8 Å². The first kappa shape index (κ1) is 21.0. The maximum absolute atomic E-state index is 13.6. The molecule has 0 aliphatic rings. The van der Waals surface area contributed by atoms with E-state index in [4.69, 9.17) is 4.42 Å². The average Bonchev–Trinajstić information content (AvgIpc) is 2.81. The molecule has 2 aromatic carbocycles. The first-order valence-electron chi connectivity index (χ1n) is 10.1. The monoisotopic (exact) mass is 460 g/mol. The summed E-state index contributed by atoms with van der Waals surface area (Å²) in [6.07, 6.45) is 0. The Morgan fingerprint density at radius 3 is 2.48 bits per heavy atom. The molecule has 0 spiro atoms. The van der Waals surface area contributed by atoms with Crippen LogP contribution in [0.15, 0.2) is 90.5 Å². The molecule has 1 N–H and O–H groups in total. The Morgan fingerprint density at radius 1 is 1.03 bits per heavy atom. The quantitative estimate of drug-likeness (QED) is 0.386. The molecule has 6 nitrogen and oxygen atoms in total. The van der Waals surface area contributed by atoms with Crippen molar-refractivity contribution in [2.45, 2.75) is 23.3 Å². The molecule has 0 saturated carbocycles. The molecule has 0 aliphatic heterocycles. The number of halogens is 1. The Hall–Kier alpha value is -3.91. The summed E-state index contributed by atoms with van der Waals surface area (Å²) in [6.45, 7) is 1.88. The Balaban J connectivity index is 1.80. The molecule has 0 radical (unpaired) electrons. The molecule has 164 valence electrons. The van der Waals surface area contributed by atoms with E-state index in [-0.39, 0.29) is 28.2 Å². The van der Waals surface area contributed by atoms with Crippen molar-refractivity contribution in [1.29, 1.82) is 0 Å². The van der Waals surface area contributed by atoms with Crippen LogP contribution in [0.5, 0.6) is 5.75 Å². The van der Waals surface area contributed by atoms with E-state index in [1.807, 2.05) is 6.07 Å². The van der Waals surface area contributed by atoms with Crippen LogP contribution in [-0.4, -0.2) is 14.7 Å². The predicted molar refractivity (Wildman–Crippen MR) is 125 cm³/mol. The van der Waals surface area contributed by atoms with Gasteiger partial charge in [0, 0.05) is 10.6 Å². The van der Waals surface area contributed by atoms with Gasteiger partial charge in [0.05, 0.1) is 11.9 Å². The van der Waals surface area contributed by atoms with E-state index in [0.717, 1.165) is 11.8 Å². The Bertz CT molecular complexity index is 1630. The number of pyridine rings is 2. The third-order valence-corrected chi connectivity index (χ3v) is 6.32. The highest BCUT2D eigenvalue weighted by molar-refractivity contribution is 7.99. The normalized spacial score (nSPS) is 11.3. The molecule has 0 atom stereocenters. The second kappa shape index (κ2) is 8.22. The Labute approximate surface area is 190 Å². The van der Waals surface area contributed by atoms with Gasteiger partial charge in [0.2, 0.25) is 0 Å². The minimum atomic E-state index is -0.744. The number of fused-ring (bicyclic) bond motifs is 3. The molecule has 33 heavy (non-hydrogen) atoms. The molecule has 5 rings (SSSR count). The molecule has 3 aromatic heterocycles. The zero-order chi connectivity index (χ0) is 23.1. The number of rotatable bonds is 4.